The average Bonchev–Trinajstić information content (AvgIpc) is 3.04. The average molecular weight is 344 g/mol. The van der Waals surface area contributed by atoms with Gasteiger partial charge in [-0.15, -0.1) is 0 Å². The van der Waals surface area contributed by atoms with E-state index in [1.165, 1.54) is 0 Å². The summed E-state index contributed by atoms with van der Waals surface area (Å²) in [7, 11) is 6.54. The number of ether oxygens (including phenoxy) is 4. The number of rotatable bonds is 6. The van der Waals surface area contributed by atoms with E-state index in [1.807, 2.05) is 24.3 Å². The molecule has 2 aromatic carbocycles. The van der Waals surface area contributed by atoms with Crippen LogP contribution < -0.4 is 29.6 Å². The molecule has 0 bridgehead atoms. The second-order valence-electron chi connectivity index (χ2n) is 5.79. The van der Waals surface area contributed by atoms with Gasteiger partial charge in [-0.3, -0.25) is 0 Å². The van der Waals surface area contributed by atoms with E-state index in [-0.39, 0.29) is 6.04 Å². The van der Waals surface area contributed by atoms with Crippen molar-refractivity contribution in [3.8, 4) is 23.0 Å². The van der Waals surface area contributed by atoms with Crippen molar-refractivity contribution in [1.82, 2.24) is 0 Å². The Morgan fingerprint density at radius 2 is 1.76 bits per heavy atom. The van der Waals surface area contributed by atoms with Crippen molar-refractivity contribution in [2.75, 3.05) is 39.9 Å². The third kappa shape index (κ3) is 2.82. The molecule has 0 aromatic heterocycles. The lowest BCUT2D eigenvalue weighted by atomic mass is 10.0. The van der Waals surface area contributed by atoms with Crippen molar-refractivity contribution in [2.24, 2.45) is 5.73 Å². The number of methoxy groups -OCH3 is 4. The third-order valence-electron chi connectivity index (χ3n) is 4.64. The molecule has 1 heterocycles. The Kier molecular flexibility index (Phi) is 4.90. The van der Waals surface area contributed by atoms with Gasteiger partial charge in [0.05, 0.1) is 34.5 Å². The molecule has 2 N–H and O–H groups in total. The molecule has 1 atom stereocenters. The van der Waals surface area contributed by atoms with Gasteiger partial charge < -0.3 is 29.6 Å². The minimum atomic E-state index is 0.0239. The summed E-state index contributed by atoms with van der Waals surface area (Å²) in [6.45, 7) is 1.15. The van der Waals surface area contributed by atoms with E-state index in [4.69, 9.17) is 24.7 Å². The second-order valence-corrected chi connectivity index (χ2v) is 5.79. The summed E-state index contributed by atoms with van der Waals surface area (Å²) >= 11 is 0. The predicted molar refractivity (Wildman–Crippen MR) is 97.1 cm³/mol. The van der Waals surface area contributed by atoms with E-state index in [2.05, 4.69) is 11.0 Å². The Hall–Kier alpha value is -2.60. The van der Waals surface area contributed by atoms with E-state index in [1.54, 1.807) is 28.4 Å². The summed E-state index contributed by atoms with van der Waals surface area (Å²) in [5.41, 5.74) is 9.33. The fraction of sp³-hybridized carbons (Fsp3) is 0.368. The summed E-state index contributed by atoms with van der Waals surface area (Å²) < 4.78 is 22.0. The third-order valence-corrected chi connectivity index (χ3v) is 4.64. The smallest absolute Gasteiger partial charge is 0.203 e. The van der Waals surface area contributed by atoms with Gasteiger partial charge in [-0.1, -0.05) is 6.07 Å². The number of anilines is 1. The van der Waals surface area contributed by atoms with Gasteiger partial charge in [0.1, 0.15) is 5.75 Å². The molecular formula is C19H24N2O4. The molecule has 0 saturated heterocycles. The lowest BCUT2D eigenvalue weighted by Crippen LogP contribution is -2.27. The molecule has 0 radical (unpaired) electrons. The van der Waals surface area contributed by atoms with E-state index in [0.717, 1.165) is 22.6 Å². The quantitative estimate of drug-likeness (QED) is 0.869. The largest absolute Gasteiger partial charge is 0.497 e. The molecule has 2 aromatic rings. The van der Waals surface area contributed by atoms with Crippen LogP contribution >= 0.6 is 0 Å². The summed E-state index contributed by atoms with van der Waals surface area (Å²) in [5.74, 6) is 2.75. The lowest BCUT2D eigenvalue weighted by molar-refractivity contribution is 0.322. The zero-order valence-corrected chi connectivity index (χ0v) is 15.0. The summed E-state index contributed by atoms with van der Waals surface area (Å²) in [6.07, 6.45) is 0. The highest BCUT2D eigenvalue weighted by molar-refractivity contribution is 5.66. The SMILES string of the molecule is COc1cccc(N2Cc3c(cc(OC)c(OC)c3OC)C2CN)c1. The first kappa shape index (κ1) is 17.2. The topological polar surface area (TPSA) is 66.2 Å². The van der Waals surface area contributed by atoms with Crippen molar-refractivity contribution < 1.29 is 18.9 Å². The van der Waals surface area contributed by atoms with Crippen LogP contribution in [-0.2, 0) is 6.54 Å². The number of hydrogen-bond acceptors (Lipinski definition) is 6. The Labute approximate surface area is 148 Å². The molecule has 3 rings (SSSR count). The molecule has 6 nitrogen and oxygen atoms in total. The number of nitrogens with two attached hydrogens (primary N) is 1. The molecule has 1 unspecified atom stereocenters. The van der Waals surface area contributed by atoms with Gasteiger partial charge in [0.15, 0.2) is 11.5 Å². The lowest BCUT2D eigenvalue weighted by Gasteiger charge is -2.26. The molecule has 0 fully saturated rings. The van der Waals surface area contributed by atoms with Crippen LogP contribution in [0.1, 0.15) is 17.2 Å². The fourth-order valence-electron chi connectivity index (χ4n) is 3.46. The van der Waals surface area contributed by atoms with Crippen LogP contribution in [0.2, 0.25) is 0 Å². The second kappa shape index (κ2) is 7.11. The van der Waals surface area contributed by atoms with Gasteiger partial charge in [-0.25, -0.2) is 0 Å². The molecule has 0 saturated carbocycles. The highest BCUT2D eigenvalue weighted by Gasteiger charge is 2.35. The number of fused-ring (bicyclic) bond motifs is 1. The van der Waals surface area contributed by atoms with Crippen LogP contribution in [-0.4, -0.2) is 35.0 Å². The van der Waals surface area contributed by atoms with Crippen molar-refractivity contribution in [1.29, 1.82) is 0 Å². The predicted octanol–water partition coefficient (Wildman–Crippen LogP) is 2.74. The maximum atomic E-state index is 6.11. The Morgan fingerprint density at radius 3 is 2.36 bits per heavy atom. The standard InChI is InChI=1S/C19H24N2O4/c1-22-13-7-5-6-12(8-13)21-11-15-14(16(21)10-20)9-17(23-2)19(25-4)18(15)24-3/h5-9,16H,10-11,20H2,1-4H3. The van der Waals surface area contributed by atoms with E-state index in [9.17, 15) is 0 Å². The highest BCUT2D eigenvalue weighted by Crippen LogP contribution is 2.49. The molecule has 0 aliphatic carbocycles. The van der Waals surface area contributed by atoms with Crippen molar-refractivity contribution >= 4 is 5.69 Å². The fourth-order valence-corrected chi connectivity index (χ4v) is 3.46. The Morgan fingerprint density at radius 1 is 1.00 bits per heavy atom. The van der Waals surface area contributed by atoms with Gasteiger partial charge in [0, 0.05) is 30.4 Å². The van der Waals surface area contributed by atoms with Crippen LogP contribution in [0.3, 0.4) is 0 Å². The van der Waals surface area contributed by atoms with Crippen LogP contribution in [0.5, 0.6) is 23.0 Å². The van der Waals surface area contributed by atoms with Crippen molar-refractivity contribution in [2.45, 2.75) is 12.6 Å². The molecule has 1 aliphatic rings. The number of benzene rings is 2. The summed E-state index contributed by atoms with van der Waals surface area (Å²) in [5, 5.41) is 0. The normalized spacial score (nSPS) is 15.7. The van der Waals surface area contributed by atoms with E-state index < -0.39 is 0 Å². The maximum absolute atomic E-state index is 6.11. The minimum absolute atomic E-state index is 0.0239. The first-order valence-corrected chi connectivity index (χ1v) is 8.10. The summed E-state index contributed by atoms with van der Waals surface area (Å²) in [4.78, 5) is 2.24. The van der Waals surface area contributed by atoms with Crippen LogP contribution in [0.4, 0.5) is 5.69 Å². The molecule has 1 aliphatic heterocycles. The number of hydrogen-bond donors (Lipinski definition) is 1. The molecule has 25 heavy (non-hydrogen) atoms. The van der Waals surface area contributed by atoms with Gasteiger partial charge in [0.2, 0.25) is 5.75 Å². The molecular weight excluding hydrogens is 320 g/mol. The molecule has 0 spiro atoms. The first-order valence-electron chi connectivity index (χ1n) is 8.10. The molecule has 0 amide bonds. The zero-order chi connectivity index (χ0) is 18.0. The van der Waals surface area contributed by atoms with Crippen LogP contribution in [0.25, 0.3) is 0 Å². The summed E-state index contributed by atoms with van der Waals surface area (Å²) in [6, 6.07) is 9.98. The minimum Gasteiger partial charge on any atom is -0.497 e. The first-order chi connectivity index (χ1) is 12.2. The van der Waals surface area contributed by atoms with Gasteiger partial charge in [-0.2, -0.15) is 0 Å². The zero-order valence-electron chi connectivity index (χ0n) is 15.0. The number of nitrogens with zero attached hydrogens (tertiary/aromatic N) is 1. The highest BCUT2D eigenvalue weighted by atomic mass is 16.5. The molecule has 134 valence electrons. The van der Waals surface area contributed by atoms with E-state index >= 15 is 0 Å². The maximum Gasteiger partial charge on any atom is 0.203 e. The Balaban J connectivity index is 2.11. The molecule has 6 heteroatoms. The van der Waals surface area contributed by atoms with E-state index in [0.29, 0.717) is 30.3 Å². The van der Waals surface area contributed by atoms with Gasteiger partial charge in [-0.05, 0) is 23.8 Å². The monoisotopic (exact) mass is 344 g/mol. The van der Waals surface area contributed by atoms with Crippen molar-refractivity contribution in [3.05, 3.63) is 41.5 Å². The van der Waals surface area contributed by atoms with Gasteiger partial charge >= 0.3 is 0 Å². The van der Waals surface area contributed by atoms with Gasteiger partial charge in [0.25, 0.3) is 0 Å². The van der Waals surface area contributed by atoms with Crippen molar-refractivity contribution in [3.63, 3.8) is 0 Å². The van der Waals surface area contributed by atoms with Crippen LogP contribution in [0.15, 0.2) is 30.3 Å². The van der Waals surface area contributed by atoms with Crippen LogP contribution in [0, 0.1) is 0 Å². The Bertz CT molecular complexity index is 763.